The molecule has 0 saturated carbocycles. The molecule has 0 radical (unpaired) electrons. The van der Waals surface area contributed by atoms with Crippen LogP contribution in [0, 0.1) is 5.82 Å². The van der Waals surface area contributed by atoms with Gasteiger partial charge >= 0.3 is 0 Å². The van der Waals surface area contributed by atoms with Crippen LogP contribution in [0.4, 0.5) is 4.39 Å². The molecule has 0 spiro atoms. The van der Waals surface area contributed by atoms with E-state index in [9.17, 15) is 4.39 Å². The first-order chi connectivity index (χ1) is 10.7. The van der Waals surface area contributed by atoms with Gasteiger partial charge in [0.1, 0.15) is 5.82 Å². The quantitative estimate of drug-likeness (QED) is 0.655. The van der Waals surface area contributed by atoms with Gasteiger partial charge in [0.2, 0.25) is 0 Å². The lowest BCUT2D eigenvalue weighted by Crippen LogP contribution is -2.37. The van der Waals surface area contributed by atoms with Crippen LogP contribution in [-0.2, 0) is 4.74 Å². The smallest absolute Gasteiger partial charge is 0.187 e. The minimum atomic E-state index is -0.243. The van der Waals surface area contributed by atoms with E-state index in [2.05, 4.69) is 15.8 Å². The summed E-state index contributed by atoms with van der Waals surface area (Å²) in [6.07, 6.45) is 3.19. The molecule has 0 aliphatic carbocycles. The van der Waals surface area contributed by atoms with Crippen LogP contribution in [-0.4, -0.2) is 35.8 Å². The molecule has 7 heteroatoms. The number of thiocarbonyl (C=S) groups is 1. The van der Waals surface area contributed by atoms with E-state index >= 15 is 0 Å². The SMILES string of the molecule is Fc1ccc2c(c1)C(=NNC(=S)NC[C@H]1CCCO1)CCS2. The van der Waals surface area contributed by atoms with Gasteiger partial charge in [-0.25, -0.2) is 4.39 Å². The topological polar surface area (TPSA) is 45.7 Å². The molecule has 1 fully saturated rings. The Hall–Kier alpha value is -1.18. The zero-order chi connectivity index (χ0) is 15.4. The second-order valence-corrected chi connectivity index (χ2v) is 6.80. The summed E-state index contributed by atoms with van der Waals surface area (Å²) in [6, 6.07) is 4.82. The number of halogens is 1. The molecule has 2 aliphatic heterocycles. The van der Waals surface area contributed by atoms with Crippen LogP contribution in [0.5, 0.6) is 0 Å². The van der Waals surface area contributed by atoms with Gasteiger partial charge in [0.25, 0.3) is 0 Å². The van der Waals surface area contributed by atoms with E-state index in [4.69, 9.17) is 17.0 Å². The molecule has 118 valence electrons. The molecular formula is C15H18FN3OS2. The fraction of sp³-hybridized carbons (Fsp3) is 0.467. The molecule has 1 saturated heterocycles. The number of hydrogen-bond acceptors (Lipinski definition) is 4. The fourth-order valence-electron chi connectivity index (χ4n) is 2.53. The number of benzene rings is 1. The first-order valence-electron chi connectivity index (χ1n) is 7.37. The zero-order valence-corrected chi connectivity index (χ0v) is 13.7. The van der Waals surface area contributed by atoms with Gasteiger partial charge in [0.15, 0.2) is 5.11 Å². The lowest BCUT2D eigenvalue weighted by Gasteiger charge is -2.18. The minimum Gasteiger partial charge on any atom is -0.376 e. The van der Waals surface area contributed by atoms with E-state index in [0.717, 1.165) is 47.8 Å². The van der Waals surface area contributed by atoms with Crippen LogP contribution in [0.15, 0.2) is 28.2 Å². The summed E-state index contributed by atoms with van der Waals surface area (Å²) in [5, 5.41) is 7.93. The van der Waals surface area contributed by atoms with Gasteiger partial charge in [0, 0.05) is 35.8 Å². The average molecular weight is 339 g/mol. The lowest BCUT2D eigenvalue weighted by molar-refractivity contribution is 0.114. The molecule has 0 amide bonds. The zero-order valence-electron chi connectivity index (χ0n) is 12.1. The minimum absolute atomic E-state index is 0.230. The van der Waals surface area contributed by atoms with Crippen LogP contribution in [0.2, 0.25) is 0 Å². The third-order valence-corrected chi connectivity index (χ3v) is 4.97. The number of rotatable bonds is 3. The molecule has 3 rings (SSSR count). The fourth-order valence-corrected chi connectivity index (χ4v) is 3.67. The number of hydrazone groups is 1. The Morgan fingerprint density at radius 2 is 2.41 bits per heavy atom. The molecule has 1 aromatic rings. The Kier molecular flexibility index (Phi) is 5.28. The standard InChI is InChI=1S/C15H18FN3OS2/c16-10-3-4-14-12(8-10)13(5-7-22-14)18-19-15(21)17-9-11-2-1-6-20-11/h3-4,8,11H,1-2,5-7,9H2,(H2,17,19,21)/t11-/m1/s1. The second kappa shape index (κ2) is 7.39. The number of hydrogen-bond donors (Lipinski definition) is 2. The Morgan fingerprint density at radius 3 is 3.23 bits per heavy atom. The normalized spacial score (nSPS) is 22.4. The second-order valence-electron chi connectivity index (χ2n) is 5.25. The molecule has 2 aliphatic rings. The van der Waals surface area contributed by atoms with Gasteiger partial charge in [-0.2, -0.15) is 5.10 Å². The molecule has 22 heavy (non-hydrogen) atoms. The summed E-state index contributed by atoms with van der Waals surface area (Å²) in [5.41, 5.74) is 4.55. The van der Waals surface area contributed by atoms with Crippen molar-refractivity contribution in [3.63, 3.8) is 0 Å². The summed E-state index contributed by atoms with van der Waals surface area (Å²) in [7, 11) is 0. The number of thioether (sulfide) groups is 1. The maximum atomic E-state index is 13.4. The van der Waals surface area contributed by atoms with Gasteiger partial charge in [-0.15, -0.1) is 11.8 Å². The van der Waals surface area contributed by atoms with Crippen molar-refractivity contribution in [2.45, 2.75) is 30.3 Å². The van der Waals surface area contributed by atoms with Crippen molar-refractivity contribution in [2.75, 3.05) is 18.9 Å². The summed E-state index contributed by atoms with van der Waals surface area (Å²) in [5.74, 6) is 0.697. The molecule has 1 aromatic carbocycles. The van der Waals surface area contributed by atoms with Gasteiger partial charge in [-0.1, -0.05) is 0 Å². The third kappa shape index (κ3) is 3.97. The maximum absolute atomic E-state index is 13.4. The molecule has 0 bridgehead atoms. The maximum Gasteiger partial charge on any atom is 0.187 e. The molecule has 2 N–H and O–H groups in total. The predicted molar refractivity (Wildman–Crippen MR) is 91.0 cm³/mol. The van der Waals surface area contributed by atoms with Crippen LogP contribution < -0.4 is 10.7 Å². The van der Waals surface area contributed by atoms with Gasteiger partial charge in [-0.3, -0.25) is 5.43 Å². The molecule has 2 heterocycles. The van der Waals surface area contributed by atoms with Crippen molar-refractivity contribution in [3.05, 3.63) is 29.6 Å². The number of fused-ring (bicyclic) bond motifs is 1. The van der Waals surface area contributed by atoms with E-state index in [1.54, 1.807) is 17.8 Å². The van der Waals surface area contributed by atoms with Crippen LogP contribution in [0.1, 0.15) is 24.8 Å². The largest absolute Gasteiger partial charge is 0.376 e. The third-order valence-electron chi connectivity index (χ3n) is 3.66. The molecule has 1 atom stereocenters. The van der Waals surface area contributed by atoms with E-state index in [1.807, 2.05) is 0 Å². The number of ether oxygens (including phenoxy) is 1. The Labute approximate surface area is 138 Å². The summed E-state index contributed by atoms with van der Waals surface area (Å²) in [6.45, 7) is 1.52. The molecule has 0 aromatic heterocycles. The number of nitrogens with zero attached hydrogens (tertiary/aromatic N) is 1. The highest BCUT2D eigenvalue weighted by Crippen LogP contribution is 2.30. The van der Waals surface area contributed by atoms with Gasteiger partial charge < -0.3 is 10.1 Å². The Balaban J connectivity index is 1.58. The first kappa shape index (κ1) is 15.7. The van der Waals surface area contributed by atoms with Crippen molar-refractivity contribution in [1.29, 1.82) is 0 Å². The highest BCUT2D eigenvalue weighted by atomic mass is 32.2. The van der Waals surface area contributed by atoms with Crippen molar-refractivity contribution in [1.82, 2.24) is 10.7 Å². The van der Waals surface area contributed by atoms with Crippen molar-refractivity contribution in [3.8, 4) is 0 Å². The monoisotopic (exact) mass is 339 g/mol. The molecule has 4 nitrogen and oxygen atoms in total. The highest BCUT2D eigenvalue weighted by Gasteiger charge is 2.18. The van der Waals surface area contributed by atoms with Gasteiger partial charge in [0.05, 0.1) is 11.8 Å². The summed E-state index contributed by atoms with van der Waals surface area (Å²) in [4.78, 5) is 1.06. The van der Waals surface area contributed by atoms with E-state index in [-0.39, 0.29) is 11.9 Å². The highest BCUT2D eigenvalue weighted by molar-refractivity contribution is 7.99. The lowest BCUT2D eigenvalue weighted by atomic mass is 10.1. The van der Waals surface area contributed by atoms with Crippen molar-refractivity contribution in [2.24, 2.45) is 5.10 Å². The predicted octanol–water partition coefficient (Wildman–Crippen LogP) is 2.67. The Bertz CT molecular complexity index is 588. The summed E-state index contributed by atoms with van der Waals surface area (Å²) < 4.78 is 19.0. The van der Waals surface area contributed by atoms with Gasteiger partial charge in [-0.05, 0) is 43.3 Å². The van der Waals surface area contributed by atoms with Crippen molar-refractivity contribution < 1.29 is 9.13 Å². The Morgan fingerprint density at radius 1 is 1.50 bits per heavy atom. The molecule has 0 unspecified atom stereocenters. The van der Waals surface area contributed by atoms with Crippen LogP contribution in [0.25, 0.3) is 0 Å². The average Bonchev–Trinajstić information content (AvgIpc) is 3.04. The van der Waals surface area contributed by atoms with E-state index in [0.29, 0.717) is 11.7 Å². The number of nitrogens with one attached hydrogen (secondary N) is 2. The van der Waals surface area contributed by atoms with Crippen molar-refractivity contribution >= 4 is 34.8 Å². The first-order valence-corrected chi connectivity index (χ1v) is 8.76. The van der Waals surface area contributed by atoms with Crippen LogP contribution >= 0.6 is 24.0 Å². The van der Waals surface area contributed by atoms with E-state index < -0.39 is 0 Å². The van der Waals surface area contributed by atoms with Crippen LogP contribution in [0.3, 0.4) is 0 Å². The summed E-state index contributed by atoms with van der Waals surface area (Å²) >= 11 is 6.94. The van der Waals surface area contributed by atoms with E-state index in [1.165, 1.54) is 12.1 Å². The molecular weight excluding hydrogens is 321 g/mol.